The van der Waals surface area contributed by atoms with E-state index in [1.807, 2.05) is 0 Å². The molecule has 0 radical (unpaired) electrons. The maximum Gasteiger partial charge on any atom is 0.115 e. The summed E-state index contributed by atoms with van der Waals surface area (Å²) in [5, 5.41) is 18.7. The minimum atomic E-state index is -0.287. The molecule has 20 heavy (non-hydrogen) atoms. The van der Waals surface area contributed by atoms with Gasteiger partial charge in [0.15, 0.2) is 0 Å². The van der Waals surface area contributed by atoms with Crippen LogP contribution in [0.3, 0.4) is 0 Å². The number of phenols is 2. The van der Waals surface area contributed by atoms with E-state index < -0.39 is 0 Å². The van der Waals surface area contributed by atoms with E-state index in [4.69, 9.17) is 12.8 Å². The van der Waals surface area contributed by atoms with E-state index in [2.05, 4.69) is 11.8 Å². The fourth-order valence-corrected chi connectivity index (χ4v) is 2.13. The van der Waals surface area contributed by atoms with E-state index in [-0.39, 0.29) is 23.3 Å². The van der Waals surface area contributed by atoms with Gasteiger partial charge in [0.05, 0.1) is 11.8 Å². The zero-order chi connectivity index (χ0) is 14.5. The largest absolute Gasteiger partial charge is 0.508 e. The molecule has 0 amide bonds. The molecule has 0 spiro atoms. The smallest absolute Gasteiger partial charge is 0.115 e. The molecule has 98 valence electrons. The Labute approximate surface area is 118 Å². The molecule has 2 nitrogen and oxygen atoms in total. The number of terminal acetylenes is 2. The maximum absolute atomic E-state index is 9.33. The quantitative estimate of drug-likeness (QED) is 0.834. The molecule has 0 aliphatic carbocycles. The SMILES string of the molecule is C#C[C@H](c1ccc(O)cc1)[C@H](C#C)c1ccc(O)cc1. The highest BCUT2D eigenvalue weighted by Gasteiger charge is 2.21. The van der Waals surface area contributed by atoms with Crippen molar-refractivity contribution in [3.8, 4) is 36.2 Å². The third-order valence-corrected chi connectivity index (χ3v) is 3.20. The number of aromatic hydroxyl groups is 2. The topological polar surface area (TPSA) is 40.5 Å². The van der Waals surface area contributed by atoms with Gasteiger partial charge < -0.3 is 10.2 Å². The standard InChI is InChI=1S/C18H14O2/c1-3-17(13-5-9-15(19)10-6-13)18(4-2)14-7-11-16(20)12-8-14/h1-2,5-12,17-20H/t17-,18-/m1/s1. The number of phenolic OH excluding ortho intramolecular Hbond substituents is 2. The average molecular weight is 262 g/mol. The van der Waals surface area contributed by atoms with Crippen molar-refractivity contribution in [2.75, 3.05) is 0 Å². The van der Waals surface area contributed by atoms with E-state index in [0.29, 0.717) is 0 Å². The van der Waals surface area contributed by atoms with Crippen LogP contribution >= 0.6 is 0 Å². The summed E-state index contributed by atoms with van der Waals surface area (Å²) in [6, 6.07) is 13.4. The Kier molecular flexibility index (Phi) is 3.99. The van der Waals surface area contributed by atoms with Gasteiger partial charge in [-0.1, -0.05) is 36.1 Å². The van der Waals surface area contributed by atoms with Crippen LogP contribution in [-0.4, -0.2) is 10.2 Å². The van der Waals surface area contributed by atoms with Crippen molar-refractivity contribution < 1.29 is 10.2 Å². The first kappa shape index (κ1) is 13.6. The minimum Gasteiger partial charge on any atom is -0.508 e. The normalized spacial score (nSPS) is 12.9. The van der Waals surface area contributed by atoms with Gasteiger partial charge in [0.25, 0.3) is 0 Å². The molecule has 2 heteroatoms. The molecular weight excluding hydrogens is 248 g/mol. The van der Waals surface area contributed by atoms with E-state index in [1.54, 1.807) is 48.5 Å². The third-order valence-electron chi connectivity index (χ3n) is 3.20. The van der Waals surface area contributed by atoms with Crippen LogP contribution in [0.1, 0.15) is 23.0 Å². The Morgan fingerprint density at radius 3 is 1.20 bits per heavy atom. The van der Waals surface area contributed by atoms with Gasteiger partial charge in [-0.05, 0) is 35.4 Å². The monoisotopic (exact) mass is 262 g/mol. The van der Waals surface area contributed by atoms with Crippen molar-refractivity contribution >= 4 is 0 Å². The maximum atomic E-state index is 9.33. The van der Waals surface area contributed by atoms with Gasteiger partial charge in [0.1, 0.15) is 11.5 Å². The van der Waals surface area contributed by atoms with Crippen LogP contribution in [0.4, 0.5) is 0 Å². The number of rotatable bonds is 3. The first-order chi connectivity index (χ1) is 9.65. The Hall–Kier alpha value is -2.84. The van der Waals surface area contributed by atoms with Gasteiger partial charge in [-0.2, -0.15) is 0 Å². The van der Waals surface area contributed by atoms with Crippen molar-refractivity contribution in [2.45, 2.75) is 11.8 Å². The predicted molar refractivity (Wildman–Crippen MR) is 79.4 cm³/mol. The molecule has 2 N–H and O–H groups in total. The zero-order valence-electron chi connectivity index (χ0n) is 10.8. The van der Waals surface area contributed by atoms with Crippen molar-refractivity contribution in [2.24, 2.45) is 0 Å². The van der Waals surface area contributed by atoms with Crippen LogP contribution in [0.25, 0.3) is 0 Å². The van der Waals surface area contributed by atoms with Gasteiger partial charge in [-0.15, -0.1) is 12.8 Å². The molecule has 0 saturated heterocycles. The Balaban J connectivity index is 2.38. The van der Waals surface area contributed by atoms with Crippen LogP contribution in [0.5, 0.6) is 11.5 Å². The molecule has 2 aromatic carbocycles. The van der Waals surface area contributed by atoms with Gasteiger partial charge in [-0.25, -0.2) is 0 Å². The summed E-state index contributed by atoms with van der Waals surface area (Å²) in [7, 11) is 0. The lowest BCUT2D eigenvalue weighted by molar-refractivity contribution is 0.474. The highest BCUT2D eigenvalue weighted by Crippen LogP contribution is 2.33. The third kappa shape index (κ3) is 2.76. The predicted octanol–water partition coefficient (Wildman–Crippen LogP) is 3.23. The second-order valence-electron chi connectivity index (χ2n) is 4.47. The zero-order valence-corrected chi connectivity index (χ0v) is 10.8. The molecule has 0 aromatic heterocycles. The molecule has 0 unspecified atom stereocenters. The van der Waals surface area contributed by atoms with Crippen molar-refractivity contribution in [3.05, 3.63) is 59.7 Å². The molecular formula is C18H14O2. The summed E-state index contributed by atoms with van der Waals surface area (Å²) in [5.41, 5.74) is 1.75. The second-order valence-corrected chi connectivity index (χ2v) is 4.47. The van der Waals surface area contributed by atoms with E-state index >= 15 is 0 Å². The van der Waals surface area contributed by atoms with Crippen LogP contribution in [-0.2, 0) is 0 Å². The summed E-state index contributed by atoms with van der Waals surface area (Å²) in [4.78, 5) is 0. The summed E-state index contributed by atoms with van der Waals surface area (Å²) in [5.74, 6) is 5.23. The van der Waals surface area contributed by atoms with Gasteiger partial charge in [-0.3, -0.25) is 0 Å². The highest BCUT2D eigenvalue weighted by molar-refractivity contribution is 5.42. The molecule has 0 bridgehead atoms. The average Bonchev–Trinajstić information content (AvgIpc) is 2.47. The van der Waals surface area contributed by atoms with E-state index in [1.165, 1.54) is 0 Å². The lowest BCUT2D eigenvalue weighted by atomic mass is 9.82. The first-order valence-corrected chi connectivity index (χ1v) is 6.16. The lowest BCUT2D eigenvalue weighted by Gasteiger charge is -2.19. The fourth-order valence-electron chi connectivity index (χ4n) is 2.13. The first-order valence-electron chi connectivity index (χ1n) is 6.16. The Morgan fingerprint density at radius 2 is 0.950 bits per heavy atom. The van der Waals surface area contributed by atoms with Gasteiger partial charge in [0, 0.05) is 0 Å². The summed E-state index contributed by atoms with van der Waals surface area (Å²) in [6.07, 6.45) is 11.3. The minimum absolute atomic E-state index is 0.186. The lowest BCUT2D eigenvalue weighted by Crippen LogP contribution is -2.08. The Bertz CT molecular complexity index is 593. The van der Waals surface area contributed by atoms with Crippen LogP contribution in [0.2, 0.25) is 0 Å². The van der Waals surface area contributed by atoms with Crippen molar-refractivity contribution in [1.29, 1.82) is 0 Å². The fraction of sp³-hybridized carbons (Fsp3) is 0.111. The molecule has 0 heterocycles. The van der Waals surface area contributed by atoms with E-state index in [0.717, 1.165) is 11.1 Å². The van der Waals surface area contributed by atoms with E-state index in [9.17, 15) is 10.2 Å². The molecule has 0 saturated carbocycles. The van der Waals surface area contributed by atoms with Crippen LogP contribution in [0, 0.1) is 24.7 Å². The second kappa shape index (κ2) is 5.87. The molecule has 0 aliphatic rings. The molecule has 2 rings (SSSR count). The number of hydrogen-bond donors (Lipinski definition) is 2. The Morgan fingerprint density at radius 1 is 0.650 bits per heavy atom. The highest BCUT2D eigenvalue weighted by atomic mass is 16.3. The van der Waals surface area contributed by atoms with Gasteiger partial charge >= 0.3 is 0 Å². The summed E-state index contributed by atoms with van der Waals surface area (Å²) >= 11 is 0. The van der Waals surface area contributed by atoms with Gasteiger partial charge in [0.2, 0.25) is 0 Å². The molecule has 2 atom stereocenters. The summed E-state index contributed by atoms with van der Waals surface area (Å²) in [6.45, 7) is 0. The van der Waals surface area contributed by atoms with Crippen LogP contribution < -0.4 is 0 Å². The number of hydrogen-bond acceptors (Lipinski definition) is 2. The molecule has 2 aromatic rings. The van der Waals surface area contributed by atoms with Crippen LogP contribution in [0.15, 0.2) is 48.5 Å². The van der Waals surface area contributed by atoms with Crippen molar-refractivity contribution in [1.82, 2.24) is 0 Å². The molecule has 0 fully saturated rings. The van der Waals surface area contributed by atoms with Crippen molar-refractivity contribution in [3.63, 3.8) is 0 Å². The summed E-state index contributed by atoms with van der Waals surface area (Å²) < 4.78 is 0. The number of benzene rings is 2. The molecule has 0 aliphatic heterocycles.